The van der Waals surface area contributed by atoms with Crippen molar-refractivity contribution in [3.63, 3.8) is 0 Å². The van der Waals surface area contributed by atoms with Crippen molar-refractivity contribution in [2.45, 2.75) is 32.3 Å². The number of aliphatic hydroxyl groups is 3. The maximum atomic E-state index is 10.9. The molecular formula is C15H22O3. The van der Waals surface area contributed by atoms with E-state index in [1.165, 1.54) is 0 Å². The molecule has 0 spiro atoms. The Morgan fingerprint density at radius 2 is 2.11 bits per heavy atom. The molecule has 1 saturated carbocycles. The Morgan fingerprint density at radius 1 is 1.44 bits per heavy atom. The lowest BCUT2D eigenvalue weighted by atomic mass is 9.73. The van der Waals surface area contributed by atoms with Gasteiger partial charge in [-0.05, 0) is 35.0 Å². The van der Waals surface area contributed by atoms with E-state index in [1.54, 1.807) is 6.08 Å². The molecule has 2 aliphatic carbocycles. The number of aliphatic hydroxyl groups excluding tert-OH is 2. The lowest BCUT2D eigenvalue weighted by Crippen LogP contribution is -2.39. The highest BCUT2D eigenvalue weighted by Gasteiger charge is 2.52. The Bertz CT molecular complexity index is 431. The van der Waals surface area contributed by atoms with Gasteiger partial charge in [0.1, 0.15) is 0 Å². The average Bonchev–Trinajstić information content (AvgIpc) is 2.53. The second-order valence-electron chi connectivity index (χ2n) is 6.20. The molecule has 100 valence electrons. The molecule has 0 aromatic carbocycles. The Hall–Kier alpha value is -0.900. The van der Waals surface area contributed by atoms with Crippen molar-refractivity contribution in [1.29, 1.82) is 0 Å². The quantitative estimate of drug-likeness (QED) is 0.697. The van der Waals surface area contributed by atoms with Crippen LogP contribution >= 0.6 is 0 Å². The van der Waals surface area contributed by atoms with Crippen LogP contribution in [-0.2, 0) is 0 Å². The summed E-state index contributed by atoms with van der Waals surface area (Å²) in [4.78, 5) is 0. The molecule has 2 rings (SSSR count). The summed E-state index contributed by atoms with van der Waals surface area (Å²) in [5.74, 6) is 0.0120. The first-order valence-corrected chi connectivity index (χ1v) is 6.39. The van der Waals surface area contributed by atoms with Gasteiger partial charge in [-0.15, -0.1) is 0 Å². The maximum Gasteiger partial charge on any atom is 0.0964 e. The minimum Gasteiger partial charge on any atom is -0.392 e. The predicted octanol–water partition coefficient (Wildman–Crippen LogP) is 1.56. The van der Waals surface area contributed by atoms with E-state index in [-0.39, 0.29) is 24.5 Å². The van der Waals surface area contributed by atoms with Crippen LogP contribution in [0, 0.1) is 11.3 Å². The summed E-state index contributed by atoms with van der Waals surface area (Å²) in [6.45, 7) is 8.09. The van der Waals surface area contributed by atoms with Crippen LogP contribution in [0.4, 0.5) is 0 Å². The minimum atomic E-state index is -0.927. The van der Waals surface area contributed by atoms with Gasteiger partial charge in [-0.25, -0.2) is 0 Å². The third-order valence-corrected chi connectivity index (χ3v) is 4.20. The first-order chi connectivity index (χ1) is 8.34. The van der Waals surface area contributed by atoms with Crippen molar-refractivity contribution < 1.29 is 15.3 Å². The van der Waals surface area contributed by atoms with Crippen molar-refractivity contribution in [3.05, 3.63) is 35.5 Å². The van der Waals surface area contributed by atoms with E-state index >= 15 is 0 Å². The molecule has 0 amide bonds. The monoisotopic (exact) mass is 250 g/mol. The molecule has 3 nitrogen and oxygen atoms in total. The van der Waals surface area contributed by atoms with Crippen LogP contribution in [0.25, 0.3) is 0 Å². The van der Waals surface area contributed by atoms with Gasteiger partial charge in [0, 0.05) is 5.92 Å². The van der Waals surface area contributed by atoms with Crippen molar-refractivity contribution in [1.82, 2.24) is 0 Å². The number of fused-ring (bicyclic) bond motifs is 1. The average molecular weight is 250 g/mol. The van der Waals surface area contributed by atoms with Gasteiger partial charge in [0.2, 0.25) is 0 Å². The molecule has 0 saturated heterocycles. The summed E-state index contributed by atoms with van der Waals surface area (Å²) in [7, 11) is 0. The molecule has 2 atom stereocenters. The fourth-order valence-corrected chi connectivity index (χ4v) is 3.47. The Balaban J connectivity index is 2.48. The van der Waals surface area contributed by atoms with Gasteiger partial charge < -0.3 is 15.3 Å². The van der Waals surface area contributed by atoms with E-state index in [2.05, 4.69) is 20.4 Å². The van der Waals surface area contributed by atoms with Crippen LogP contribution in [0.1, 0.15) is 26.7 Å². The van der Waals surface area contributed by atoms with Gasteiger partial charge in [-0.2, -0.15) is 0 Å². The molecule has 2 aliphatic rings. The summed E-state index contributed by atoms with van der Waals surface area (Å²) in [6, 6.07) is 0. The number of hydrogen-bond acceptors (Lipinski definition) is 3. The van der Waals surface area contributed by atoms with Crippen LogP contribution in [-0.4, -0.2) is 34.1 Å². The van der Waals surface area contributed by atoms with E-state index in [0.29, 0.717) is 17.6 Å². The normalized spacial score (nSPS) is 36.7. The summed E-state index contributed by atoms with van der Waals surface area (Å²) in [5, 5.41) is 29.4. The molecule has 3 heteroatoms. The van der Waals surface area contributed by atoms with Crippen molar-refractivity contribution >= 4 is 0 Å². The molecule has 0 bridgehead atoms. The highest BCUT2D eigenvalue weighted by molar-refractivity contribution is 5.55. The first kappa shape index (κ1) is 13.5. The zero-order chi connectivity index (χ0) is 13.6. The second kappa shape index (κ2) is 4.34. The van der Waals surface area contributed by atoms with Gasteiger partial charge in [0.25, 0.3) is 0 Å². The maximum absolute atomic E-state index is 10.9. The lowest BCUT2D eigenvalue weighted by Gasteiger charge is -2.37. The third kappa shape index (κ3) is 1.96. The molecule has 0 unspecified atom stereocenters. The fraction of sp³-hybridized carbons (Fsp3) is 0.600. The second-order valence-corrected chi connectivity index (χ2v) is 6.20. The molecule has 0 radical (unpaired) electrons. The highest BCUT2D eigenvalue weighted by Crippen LogP contribution is 2.55. The topological polar surface area (TPSA) is 60.7 Å². The Labute approximate surface area is 108 Å². The Kier molecular flexibility index (Phi) is 3.26. The van der Waals surface area contributed by atoms with E-state index < -0.39 is 5.60 Å². The van der Waals surface area contributed by atoms with Gasteiger partial charge in [-0.3, -0.25) is 0 Å². The predicted molar refractivity (Wildman–Crippen MR) is 70.9 cm³/mol. The number of rotatable bonds is 2. The highest BCUT2D eigenvalue weighted by atomic mass is 16.3. The smallest absolute Gasteiger partial charge is 0.0964 e. The molecule has 0 heterocycles. The summed E-state index contributed by atoms with van der Waals surface area (Å²) in [5.41, 5.74) is 1.24. The molecule has 0 aliphatic heterocycles. The van der Waals surface area contributed by atoms with Gasteiger partial charge in [0.05, 0.1) is 18.8 Å². The lowest BCUT2D eigenvalue weighted by molar-refractivity contribution is 0.0497. The van der Waals surface area contributed by atoms with E-state index in [1.807, 2.05) is 6.08 Å². The molecule has 1 fully saturated rings. The SMILES string of the molecule is C=C1C(=CCO)C(CO)=C[C@@H]2CC(C)(C)C[C@]12O. The van der Waals surface area contributed by atoms with E-state index in [0.717, 1.165) is 12.0 Å². The van der Waals surface area contributed by atoms with Gasteiger partial charge in [0.15, 0.2) is 0 Å². The molecular weight excluding hydrogens is 228 g/mol. The molecule has 0 aromatic heterocycles. The van der Waals surface area contributed by atoms with Crippen LogP contribution in [0.2, 0.25) is 0 Å². The van der Waals surface area contributed by atoms with Crippen molar-refractivity contribution in [2.24, 2.45) is 11.3 Å². The van der Waals surface area contributed by atoms with Crippen molar-refractivity contribution in [3.8, 4) is 0 Å². The van der Waals surface area contributed by atoms with E-state index in [4.69, 9.17) is 5.11 Å². The Morgan fingerprint density at radius 3 is 2.67 bits per heavy atom. The summed E-state index contributed by atoms with van der Waals surface area (Å²) >= 11 is 0. The standard InChI is InChI=1S/C15H22O3/c1-10-13(4-5-16)11(8-17)6-12-7-14(2,3)9-15(10,12)18/h4,6,12,16-18H,1,5,7-9H2,2-3H3/t12-,15+/m1/s1. The molecule has 3 N–H and O–H groups in total. The zero-order valence-corrected chi connectivity index (χ0v) is 11.1. The van der Waals surface area contributed by atoms with Crippen molar-refractivity contribution in [2.75, 3.05) is 13.2 Å². The summed E-state index contributed by atoms with van der Waals surface area (Å²) in [6.07, 6.45) is 5.12. The van der Waals surface area contributed by atoms with Crippen LogP contribution < -0.4 is 0 Å². The summed E-state index contributed by atoms with van der Waals surface area (Å²) < 4.78 is 0. The largest absolute Gasteiger partial charge is 0.392 e. The first-order valence-electron chi connectivity index (χ1n) is 6.39. The van der Waals surface area contributed by atoms with Gasteiger partial charge >= 0.3 is 0 Å². The minimum absolute atomic E-state index is 0.0120. The van der Waals surface area contributed by atoms with Crippen LogP contribution in [0.15, 0.2) is 35.5 Å². The van der Waals surface area contributed by atoms with Gasteiger partial charge in [-0.1, -0.05) is 32.6 Å². The zero-order valence-electron chi connectivity index (χ0n) is 11.1. The molecule has 0 aromatic rings. The molecule has 18 heavy (non-hydrogen) atoms. The number of hydrogen-bond donors (Lipinski definition) is 3. The van der Waals surface area contributed by atoms with E-state index in [9.17, 15) is 10.2 Å². The third-order valence-electron chi connectivity index (χ3n) is 4.20. The van der Waals surface area contributed by atoms with Crippen LogP contribution in [0.3, 0.4) is 0 Å². The van der Waals surface area contributed by atoms with Crippen LogP contribution in [0.5, 0.6) is 0 Å². The fourth-order valence-electron chi connectivity index (χ4n) is 3.47.